The van der Waals surface area contributed by atoms with Crippen LogP contribution in [0.15, 0.2) is 85.5 Å². The van der Waals surface area contributed by atoms with Crippen LogP contribution in [0, 0.1) is 0 Å². The quantitative estimate of drug-likeness (QED) is 0.200. The Bertz CT molecular complexity index is 1440. The molecule has 0 N–H and O–H groups in total. The minimum Gasteiger partial charge on any atom is -0.490 e. The average Bonchev–Trinajstić information content (AvgIpc) is 3.10. The number of imide groups is 1. The fraction of sp³-hybridized carbons (Fsp3) is 0.120. The van der Waals surface area contributed by atoms with Crippen LogP contribution in [-0.2, 0) is 21.5 Å². The first-order valence-electron chi connectivity index (χ1n) is 10.6. The minimum atomic E-state index is -4.11. The number of nitrogens with zero attached hydrogens (tertiary/aromatic N) is 1. The van der Waals surface area contributed by atoms with Crippen molar-refractivity contribution in [2.75, 3.05) is 6.61 Å². The average molecular weight is 653 g/mol. The molecule has 0 atom stereocenters. The van der Waals surface area contributed by atoms with Gasteiger partial charge in [0.05, 0.1) is 22.5 Å². The van der Waals surface area contributed by atoms with E-state index in [0.29, 0.717) is 10.0 Å². The van der Waals surface area contributed by atoms with E-state index in [2.05, 4.69) is 31.9 Å². The van der Waals surface area contributed by atoms with Gasteiger partial charge in [-0.25, -0.2) is 0 Å². The van der Waals surface area contributed by atoms with E-state index in [4.69, 9.17) is 8.92 Å². The summed E-state index contributed by atoms with van der Waals surface area (Å²) in [6.07, 6.45) is 1.56. The van der Waals surface area contributed by atoms with Gasteiger partial charge in [0, 0.05) is 4.47 Å². The molecule has 0 unspecified atom stereocenters. The first-order valence-corrected chi connectivity index (χ1v) is 14.4. The third-order valence-electron chi connectivity index (χ3n) is 4.98. The maximum absolute atomic E-state index is 13.0. The molecule has 1 heterocycles. The van der Waals surface area contributed by atoms with Crippen molar-refractivity contribution >= 4 is 71.0 Å². The molecule has 0 spiro atoms. The fourth-order valence-corrected chi connectivity index (χ4v) is 6.05. The Morgan fingerprint density at radius 2 is 1.69 bits per heavy atom. The first-order chi connectivity index (χ1) is 17.2. The standard InChI is InChI=1S/C25H19Br2NO6S2/c1-2-33-21-13-17(12-20(27)23(21)34-36(31,32)19-6-4-3-5-7-19)14-22-24(29)28(25(30)35-22)15-16-8-10-18(26)11-9-16/h3-14H,2,15H2,1H3/b22-14-. The highest BCUT2D eigenvalue weighted by Crippen LogP contribution is 2.41. The molecule has 2 amide bonds. The molecule has 11 heteroatoms. The van der Waals surface area contributed by atoms with Crippen LogP contribution < -0.4 is 8.92 Å². The third-order valence-corrected chi connectivity index (χ3v) is 8.24. The molecular weight excluding hydrogens is 634 g/mol. The van der Waals surface area contributed by atoms with Gasteiger partial charge in [-0.1, -0.05) is 46.3 Å². The molecule has 1 aliphatic heterocycles. The highest BCUT2D eigenvalue weighted by molar-refractivity contribution is 9.10. The maximum atomic E-state index is 13.0. The molecule has 3 aromatic rings. The summed E-state index contributed by atoms with van der Waals surface area (Å²) in [5, 5.41) is -0.368. The number of thioether (sulfide) groups is 1. The lowest BCUT2D eigenvalue weighted by Gasteiger charge is -2.15. The van der Waals surface area contributed by atoms with Gasteiger partial charge in [-0.3, -0.25) is 14.5 Å². The predicted octanol–water partition coefficient (Wildman–Crippen LogP) is 6.61. The van der Waals surface area contributed by atoms with E-state index in [1.807, 2.05) is 24.3 Å². The highest BCUT2D eigenvalue weighted by Gasteiger charge is 2.35. The molecule has 186 valence electrons. The van der Waals surface area contributed by atoms with Crippen molar-refractivity contribution in [3.05, 3.63) is 91.7 Å². The smallest absolute Gasteiger partial charge is 0.339 e. The zero-order valence-corrected chi connectivity index (χ0v) is 23.6. The molecule has 36 heavy (non-hydrogen) atoms. The van der Waals surface area contributed by atoms with Crippen LogP contribution in [0.25, 0.3) is 6.08 Å². The summed E-state index contributed by atoms with van der Waals surface area (Å²) in [6, 6.07) is 18.3. The zero-order chi connectivity index (χ0) is 25.9. The Balaban J connectivity index is 1.61. The van der Waals surface area contributed by atoms with Gasteiger partial charge in [0.1, 0.15) is 4.90 Å². The monoisotopic (exact) mass is 651 g/mol. The molecular formula is C25H19Br2NO6S2. The summed E-state index contributed by atoms with van der Waals surface area (Å²) in [6.45, 7) is 2.16. The van der Waals surface area contributed by atoms with E-state index in [1.165, 1.54) is 17.0 Å². The second-order valence-electron chi connectivity index (χ2n) is 7.51. The predicted molar refractivity (Wildman–Crippen MR) is 145 cm³/mol. The number of halogens is 2. The Labute approximate surface area is 229 Å². The summed E-state index contributed by atoms with van der Waals surface area (Å²) in [4.78, 5) is 26.9. The number of amides is 2. The van der Waals surface area contributed by atoms with Crippen molar-refractivity contribution in [2.45, 2.75) is 18.4 Å². The first kappa shape index (κ1) is 26.5. The van der Waals surface area contributed by atoms with E-state index in [0.717, 1.165) is 21.8 Å². The molecule has 1 aliphatic rings. The second kappa shape index (κ2) is 11.2. The normalized spacial score (nSPS) is 15.0. The number of hydrogen-bond donors (Lipinski definition) is 0. The summed E-state index contributed by atoms with van der Waals surface area (Å²) in [7, 11) is -4.11. The van der Waals surface area contributed by atoms with Gasteiger partial charge in [0.25, 0.3) is 11.1 Å². The lowest BCUT2D eigenvalue weighted by molar-refractivity contribution is -0.123. The van der Waals surface area contributed by atoms with Gasteiger partial charge in [0.15, 0.2) is 11.5 Å². The largest absolute Gasteiger partial charge is 0.490 e. The number of ether oxygens (including phenoxy) is 1. The lowest BCUT2D eigenvalue weighted by Crippen LogP contribution is -2.27. The third kappa shape index (κ3) is 6.03. The highest BCUT2D eigenvalue weighted by atomic mass is 79.9. The van der Waals surface area contributed by atoms with Crippen molar-refractivity contribution in [3.8, 4) is 11.5 Å². The Hall–Kier alpha value is -2.60. The number of rotatable bonds is 8. The molecule has 3 aromatic carbocycles. The van der Waals surface area contributed by atoms with Gasteiger partial charge in [-0.2, -0.15) is 8.42 Å². The van der Waals surface area contributed by atoms with Crippen LogP contribution in [0.2, 0.25) is 0 Å². The molecule has 0 aromatic heterocycles. The van der Waals surface area contributed by atoms with Gasteiger partial charge in [0.2, 0.25) is 0 Å². The summed E-state index contributed by atoms with van der Waals surface area (Å²) >= 11 is 7.57. The number of benzene rings is 3. The molecule has 1 saturated heterocycles. The Morgan fingerprint density at radius 3 is 2.36 bits per heavy atom. The summed E-state index contributed by atoms with van der Waals surface area (Å²) in [5.41, 5.74) is 1.35. The molecule has 7 nitrogen and oxygen atoms in total. The lowest BCUT2D eigenvalue weighted by atomic mass is 10.1. The molecule has 0 radical (unpaired) electrons. The van der Waals surface area contributed by atoms with Crippen LogP contribution in [0.4, 0.5) is 4.79 Å². The van der Waals surface area contributed by atoms with Gasteiger partial charge in [-0.05, 0) is 88.2 Å². The van der Waals surface area contributed by atoms with E-state index < -0.39 is 16.0 Å². The van der Waals surface area contributed by atoms with Gasteiger partial charge in [-0.15, -0.1) is 0 Å². The van der Waals surface area contributed by atoms with E-state index in [-0.39, 0.29) is 39.7 Å². The van der Waals surface area contributed by atoms with E-state index in [9.17, 15) is 18.0 Å². The Kier molecular flexibility index (Phi) is 8.23. The van der Waals surface area contributed by atoms with Crippen molar-refractivity contribution < 1.29 is 26.9 Å². The second-order valence-corrected chi connectivity index (χ2v) is 11.8. The number of hydrogen-bond acceptors (Lipinski definition) is 7. The van der Waals surface area contributed by atoms with Crippen molar-refractivity contribution in [3.63, 3.8) is 0 Å². The summed E-state index contributed by atoms with van der Waals surface area (Å²) in [5.74, 6) is -0.248. The van der Waals surface area contributed by atoms with Crippen LogP contribution in [0.3, 0.4) is 0 Å². The fourth-order valence-electron chi connectivity index (χ4n) is 3.32. The van der Waals surface area contributed by atoms with Crippen LogP contribution in [0.1, 0.15) is 18.1 Å². The van der Waals surface area contributed by atoms with Crippen molar-refractivity contribution in [1.29, 1.82) is 0 Å². The van der Waals surface area contributed by atoms with Gasteiger partial charge >= 0.3 is 10.1 Å². The van der Waals surface area contributed by atoms with Crippen LogP contribution >= 0.6 is 43.6 Å². The van der Waals surface area contributed by atoms with Crippen LogP contribution in [0.5, 0.6) is 11.5 Å². The molecule has 1 fully saturated rings. The van der Waals surface area contributed by atoms with Crippen molar-refractivity contribution in [1.82, 2.24) is 4.90 Å². The minimum absolute atomic E-state index is 0.00266. The zero-order valence-electron chi connectivity index (χ0n) is 18.8. The number of carbonyl (C=O) groups is 2. The van der Waals surface area contributed by atoms with Crippen LogP contribution in [-0.4, -0.2) is 31.1 Å². The Morgan fingerprint density at radius 1 is 1.00 bits per heavy atom. The van der Waals surface area contributed by atoms with Gasteiger partial charge < -0.3 is 8.92 Å². The van der Waals surface area contributed by atoms with Crippen molar-refractivity contribution in [2.24, 2.45) is 0 Å². The maximum Gasteiger partial charge on any atom is 0.339 e. The SMILES string of the molecule is CCOc1cc(/C=C2\SC(=O)N(Cc3ccc(Br)cc3)C2=O)cc(Br)c1OS(=O)(=O)c1ccccc1. The molecule has 0 saturated carbocycles. The topological polar surface area (TPSA) is 90.0 Å². The number of carbonyl (C=O) groups excluding carboxylic acids is 2. The van der Waals surface area contributed by atoms with E-state index >= 15 is 0 Å². The molecule has 4 rings (SSSR count). The summed E-state index contributed by atoms with van der Waals surface area (Å²) < 4.78 is 37.8. The molecule has 0 aliphatic carbocycles. The molecule has 0 bridgehead atoms. The van der Waals surface area contributed by atoms with E-state index in [1.54, 1.807) is 43.3 Å².